The fraction of sp³-hybridized carbons (Fsp3) is 0.615. The van der Waals surface area contributed by atoms with E-state index in [0.29, 0.717) is 6.04 Å². The van der Waals surface area contributed by atoms with Crippen molar-refractivity contribution in [1.29, 1.82) is 0 Å². The van der Waals surface area contributed by atoms with Gasteiger partial charge in [0.25, 0.3) is 5.91 Å². The summed E-state index contributed by atoms with van der Waals surface area (Å²) in [6.45, 7) is 5.65. The Morgan fingerprint density at radius 2 is 2.18 bits per heavy atom. The van der Waals surface area contributed by atoms with E-state index in [9.17, 15) is 4.79 Å². The molecule has 1 N–H and O–H groups in total. The van der Waals surface area contributed by atoms with E-state index < -0.39 is 0 Å². The smallest absolute Gasteiger partial charge is 0.255 e. The molecule has 94 valence electrons. The molecule has 1 aromatic heterocycles. The van der Waals surface area contributed by atoms with Gasteiger partial charge in [0.05, 0.1) is 5.56 Å². The van der Waals surface area contributed by atoms with E-state index in [1.807, 2.05) is 24.9 Å². The first kappa shape index (κ1) is 12.2. The predicted molar refractivity (Wildman–Crippen MR) is 68.3 cm³/mol. The minimum absolute atomic E-state index is 0.172. The summed E-state index contributed by atoms with van der Waals surface area (Å²) in [5, 5.41) is 0. The van der Waals surface area contributed by atoms with Crippen LogP contribution in [0.3, 0.4) is 0 Å². The van der Waals surface area contributed by atoms with E-state index in [1.165, 1.54) is 0 Å². The molecule has 1 saturated heterocycles. The maximum Gasteiger partial charge on any atom is 0.255 e. The molecule has 1 aromatic rings. The number of aryl methyl sites for hydroxylation is 2. The minimum Gasteiger partial charge on any atom is -0.364 e. The van der Waals surface area contributed by atoms with Crippen LogP contribution in [-0.2, 0) is 0 Å². The Bertz CT molecular complexity index is 403. The molecular weight excluding hydrogens is 214 g/mol. The van der Waals surface area contributed by atoms with Crippen LogP contribution < -0.4 is 0 Å². The van der Waals surface area contributed by atoms with Crippen molar-refractivity contribution >= 4 is 5.91 Å². The van der Waals surface area contributed by atoms with E-state index in [1.54, 1.807) is 0 Å². The van der Waals surface area contributed by atoms with Crippen LogP contribution in [0, 0.1) is 13.8 Å². The van der Waals surface area contributed by atoms with Gasteiger partial charge in [-0.1, -0.05) is 0 Å². The Balaban J connectivity index is 2.12. The van der Waals surface area contributed by atoms with Crippen molar-refractivity contribution in [3.8, 4) is 0 Å². The lowest BCUT2D eigenvalue weighted by Gasteiger charge is -2.20. The lowest BCUT2D eigenvalue weighted by Crippen LogP contribution is -2.34. The van der Waals surface area contributed by atoms with E-state index in [4.69, 9.17) is 0 Å². The topological polar surface area (TPSA) is 39.3 Å². The third-order valence-electron chi connectivity index (χ3n) is 3.67. The number of aromatic nitrogens is 1. The van der Waals surface area contributed by atoms with Crippen molar-refractivity contribution < 1.29 is 4.79 Å². The number of likely N-dealkylation sites (N-methyl/N-ethyl adjacent to an activating group) is 1. The highest BCUT2D eigenvalue weighted by Crippen LogP contribution is 2.20. The summed E-state index contributed by atoms with van der Waals surface area (Å²) < 4.78 is 0. The van der Waals surface area contributed by atoms with Crippen molar-refractivity contribution in [1.82, 2.24) is 14.8 Å². The number of hydrogen-bond donors (Lipinski definition) is 1. The Morgan fingerprint density at radius 3 is 2.65 bits per heavy atom. The molecule has 0 aliphatic carbocycles. The summed E-state index contributed by atoms with van der Waals surface area (Å²) in [5.74, 6) is 0.172. The van der Waals surface area contributed by atoms with Gasteiger partial charge in [0, 0.05) is 31.0 Å². The van der Waals surface area contributed by atoms with Crippen LogP contribution >= 0.6 is 0 Å². The van der Waals surface area contributed by atoms with Gasteiger partial charge < -0.3 is 14.8 Å². The highest BCUT2D eigenvalue weighted by atomic mass is 16.2. The van der Waals surface area contributed by atoms with Gasteiger partial charge in [-0.15, -0.1) is 0 Å². The van der Waals surface area contributed by atoms with E-state index >= 15 is 0 Å². The van der Waals surface area contributed by atoms with Gasteiger partial charge in [-0.2, -0.15) is 0 Å². The number of nitrogens with zero attached hydrogens (tertiary/aromatic N) is 2. The molecule has 0 radical (unpaired) electrons. The van der Waals surface area contributed by atoms with E-state index in [0.717, 1.165) is 36.3 Å². The molecule has 0 saturated carbocycles. The van der Waals surface area contributed by atoms with Gasteiger partial charge in [0.1, 0.15) is 0 Å². The molecule has 1 amide bonds. The predicted octanol–water partition coefficient (Wildman–Crippen LogP) is 1.41. The zero-order valence-electron chi connectivity index (χ0n) is 11.1. The number of likely N-dealkylation sites (tertiary alicyclic amines) is 1. The quantitative estimate of drug-likeness (QED) is 0.842. The zero-order chi connectivity index (χ0) is 12.6. The molecule has 1 fully saturated rings. The van der Waals surface area contributed by atoms with Crippen LogP contribution in [0.5, 0.6) is 0 Å². The van der Waals surface area contributed by atoms with Crippen molar-refractivity contribution in [3.63, 3.8) is 0 Å². The molecule has 2 rings (SSSR count). The fourth-order valence-corrected chi connectivity index (χ4v) is 2.49. The lowest BCUT2D eigenvalue weighted by atomic mass is 10.1. The van der Waals surface area contributed by atoms with Crippen molar-refractivity contribution in [2.45, 2.75) is 26.3 Å². The summed E-state index contributed by atoms with van der Waals surface area (Å²) in [5.41, 5.74) is 2.87. The van der Waals surface area contributed by atoms with E-state index in [2.05, 4.69) is 24.0 Å². The molecule has 0 aromatic carbocycles. The Hall–Kier alpha value is -1.29. The monoisotopic (exact) mass is 235 g/mol. The average Bonchev–Trinajstić information content (AvgIpc) is 2.85. The van der Waals surface area contributed by atoms with Crippen LogP contribution in [-0.4, -0.2) is 53.9 Å². The molecule has 4 heteroatoms. The first-order valence-corrected chi connectivity index (χ1v) is 6.11. The van der Waals surface area contributed by atoms with Gasteiger partial charge in [0.2, 0.25) is 0 Å². The second-order valence-corrected chi connectivity index (χ2v) is 5.13. The molecular formula is C13H21N3O. The first-order valence-electron chi connectivity index (χ1n) is 6.11. The molecule has 1 aliphatic rings. The molecule has 4 nitrogen and oxygen atoms in total. The maximum atomic E-state index is 12.4. The molecule has 1 unspecified atom stereocenters. The summed E-state index contributed by atoms with van der Waals surface area (Å²) in [6.07, 6.45) is 2.98. The fourth-order valence-electron chi connectivity index (χ4n) is 2.49. The van der Waals surface area contributed by atoms with Crippen molar-refractivity contribution in [3.05, 3.63) is 23.0 Å². The van der Waals surface area contributed by atoms with Gasteiger partial charge in [-0.05, 0) is 39.9 Å². The molecule has 17 heavy (non-hydrogen) atoms. The Kier molecular flexibility index (Phi) is 3.24. The first-order chi connectivity index (χ1) is 8.00. The molecule has 0 bridgehead atoms. The number of aromatic amines is 1. The second-order valence-electron chi connectivity index (χ2n) is 5.13. The minimum atomic E-state index is 0.172. The van der Waals surface area contributed by atoms with Crippen LogP contribution in [0.4, 0.5) is 0 Å². The Labute approximate surface area is 103 Å². The second kappa shape index (κ2) is 4.53. The molecule has 2 heterocycles. The van der Waals surface area contributed by atoms with Crippen LogP contribution in [0.1, 0.15) is 28.0 Å². The zero-order valence-corrected chi connectivity index (χ0v) is 11.1. The number of H-pyrrole nitrogens is 1. The summed E-state index contributed by atoms with van der Waals surface area (Å²) in [7, 11) is 4.15. The van der Waals surface area contributed by atoms with Gasteiger partial charge in [-0.25, -0.2) is 0 Å². The summed E-state index contributed by atoms with van der Waals surface area (Å²) in [4.78, 5) is 19.7. The summed E-state index contributed by atoms with van der Waals surface area (Å²) in [6, 6.07) is 0.499. The SMILES string of the molecule is Cc1c[nH]c(C)c1C(=O)N1CCC(N(C)C)C1. The maximum absolute atomic E-state index is 12.4. The molecule has 0 spiro atoms. The van der Waals surface area contributed by atoms with Gasteiger partial charge in [-0.3, -0.25) is 4.79 Å². The molecule has 1 atom stereocenters. The largest absolute Gasteiger partial charge is 0.364 e. The number of carbonyl (C=O) groups excluding carboxylic acids is 1. The highest BCUT2D eigenvalue weighted by molar-refractivity contribution is 5.97. The van der Waals surface area contributed by atoms with Crippen LogP contribution in [0.25, 0.3) is 0 Å². The highest BCUT2D eigenvalue weighted by Gasteiger charge is 2.29. The third-order valence-corrected chi connectivity index (χ3v) is 3.67. The number of amides is 1. The standard InChI is InChI=1S/C13H21N3O/c1-9-7-14-10(2)12(9)13(17)16-6-5-11(8-16)15(3)4/h7,11,14H,5-6,8H2,1-4H3. The lowest BCUT2D eigenvalue weighted by molar-refractivity contribution is 0.0782. The number of nitrogens with one attached hydrogen (secondary N) is 1. The van der Waals surface area contributed by atoms with Gasteiger partial charge in [0.15, 0.2) is 0 Å². The number of carbonyl (C=O) groups is 1. The number of hydrogen-bond acceptors (Lipinski definition) is 2. The molecule has 1 aliphatic heterocycles. The average molecular weight is 235 g/mol. The van der Waals surface area contributed by atoms with Gasteiger partial charge >= 0.3 is 0 Å². The Morgan fingerprint density at radius 1 is 1.47 bits per heavy atom. The van der Waals surface area contributed by atoms with E-state index in [-0.39, 0.29) is 5.91 Å². The van der Waals surface area contributed by atoms with Crippen molar-refractivity contribution in [2.24, 2.45) is 0 Å². The van der Waals surface area contributed by atoms with Crippen molar-refractivity contribution in [2.75, 3.05) is 27.2 Å². The normalized spacial score (nSPS) is 20.3. The number of rotatable bonds is 2. The van der Waals surface area contributed by atoms with Crippen LogP contribution in [0.15, 0.2) is 6.20 Å². The summed E-state index contributed by atoms with van der Waals surface area (Å²) >= 11 is 0. The van der Waals surface area contributed by atoms with Crippen LogP contribution in [0.2, 0.25) is 0 Å². The third kappa shape index (κ3) is 2.22.